The van der Waals surface area contributed by atoms with Crippen LogP contribution in [0.15, 0.2) is 90.1 Å². The van der Waals surface area contributed by atoms with E-state index in [0.717, 1.165) is 29.2 Å². The third-order valence-corrected chi connectivity index (χ3v) is 5.60. The van der Waals surface area contributed by atoms with E-state index < -0.39 is 0 Å². The Balaban J connectivity index is 1.43. The molecule has 150 valence electrons. The number of benzene rings is 3. The van der Waals surface area contributed by atoms with Gasteiger partial charge in [-0.25, -0.2) is 0 Å². The van der Waals surface area contributed by atoms with Crippen molar-refractivity contribution in [3.63, 3.8) is 0 Å². The number of para-hydroxylation sites is 2. The monoisotopic (exact) mass is 414 g/mol. The van der Waals surface area contributed by atoms with Crippen LogP contribution < -0.4 is 5.32 Å². The number of amides is 1. The van der Waals surface area contributed by atoms with Gasteiger partial charge in [0.1, 0.15) is 5.82 Å². The smallest absolute Gasteiger partial charge is 0.234 e. The molecular weight excluding hydrogens is 392 g/mol. The summed E-state index contributed by atoms with van der Waals surface area (Å²) in [6.45, 7) is 1.91. The summed E-state index contributed by atoms with van der Waals surface area (Å²) in [5, 5.41) is 12.2. The predicted octanol–water partition coefficient (Wildman–Crippen LogP) is 4.90. The fourth-order valence-corrected chi connectivity index (χ4v) is 4.04. The summed E-state index contributed by atoms with van der Waals surface area (Å²) in [6.07, 6.45) is 0.770. The number of aryl methyl sites for hydroxylation is 1. The van der Waals surface area contributed by atoms with Crippen molar-refractivity contribution in [3.8, 4) is 5.69 Å². The molecule has 0 saturated carbocycles. The zero-order valence-corrected chi connectivity index (χ0v) is 17.5. The minimum Gasteiger partial charge on any atom is -0.325 e. The summed E-state index contributed by atoms with van der Waals surface area (Å²) in [4.78, 5) is 12.7. The Kier molecular flexibility index (Phi) is 6.25. The van der Waals surface area contributed by atoms with E-state index in [2.05, 4.69) is 27.6 Å². The molecule has 4 aromatic rings. The Hall–Kier alpha value is -3.38. The maximum Gasteiger partial charge on any atom is 0.234 e. The highest BCUT2D eigenvalue weighted by Crippen LogP contribution is 2.23. The molecule has 0 saturated heterocycles. The number of thioether (sulfide) groups is 1. The summed E-state index contributed by atoms with van der Waals surface area (Å²) in [6, 6.07) is 28.1. The van der Waals surface area contributed by atoms with Gasteiger partial charge in [0.2, 0.25) is 5.91 Å². The SMILES string of the molecule is Cc1nnc(SCC(=O)Nc2ccccc2Cc2ccccc2)n1-c1ccccc1. The molecule has 3 aromatic carbocycles. The maximum absolute atomic E-state index is 12.7. The Labute approximate surface area is 180 Å². The molecule has 1 amide bonds. The molecule has 30 heavy (non-hydrogen) atoms. The molecule has 0 fully saturated rings. The number of carbonyl (C=O) groups excluding carboxylic acids is 1. The topological polar surface area (TPSA) is 59.8 Å². The normalized spacial score (nSPS) is 10.7. The number of hydrogen-bond donors (Lipinski definition) is 1. The van der Waals surface area contributed by atoms with Crippen molar-refractivity contribution in [3.05, 3.63) is 102 Å². The van der Waals surface area contributed by atoms with Crippen molar-refractivity contribution < 1.29 is 4.79 Å². The molecule has 0 atom stereocenters. The van der Waals surface area contributed by atoms with Crippen molar-refractivity contribution in [2.45, 2.75) is 18.5 Å². The van der Waals surface area contributed by atoms with E-state index in [1.165, 1.54) is 17.3 Å². The molecule has 0 unspecified atom stereocenters. The van der Waals surface area contributed by atoms with Crippen molar-refractivity contribution in [2.24, 2.45) is 0 Å². The summed E-state index contributed by atoms with van der Waals surface area (Å²) >= 11 is 1.38. The van der Waals surface area contributed by atoms with Crippen LogP contribution in [0, 0.1) is 6.92 Å². The molecule has 0 aliphatic heterocycles. The lowest BCUT2D eigenvalue weighted by molar-refractivity contribution is -0.113. The van der Waals surface area contributed by atoms with Crippen molar-refractivity contribution in [1.82, 2.24) is 14.8 Å². The number of rotatable bonds is 7. The molecule has 0 aliphatic carbocycles. The number of nitrogens with zero attached hydrogens (tertiary/aromatic N) is 3. The van der Waals surface area contributed by atoms with Gasteiger partial charge < -0.3 is 5.32 Å². The lowest BCUT2D eigenvalue weighted by Gasteiger charge is -2.12. The van der Waals surface area contributed by atoms with E-state index in [1.54, 1.807) is 0 Å². The van der Waals surface area contributed by atoms with E-state index >= 15 is 0 Å². The van der Waals surface area contributed by atoms with E-state index in [0.29, 0.717) is 5.16 Å². The van der Waals surface area contributed by atoms with Crippen molar-refractivity contribution >= 4 is 23.4 Å². The molecule has 1 aromatic heterocycles. The Morgan fingerprint density at radius 2 is 1.57 bits per heavy atom. The van der Waals surface area contributed by atoms with Crippen molar-refractivity contribution in [2.75, 3.05) is 11.1 Å². The minimum atomic E-state index is -0.0687. The second kappa shape index (κ2) is 9.41. The van der Waals surface area contributed by atoms with Crippen molar-refractivity contribution in [1.29, 1.82) is 0 Å². The van der Waals surface area contributed by atoms with Gasteiger partial charge in [-0.2, -0.15) is 0 Å². The van der Waals surface area contributed by atoms with Gasteiger partial charge >= 0.3 is 0 Å². The van der Waals surface area contributed by atoms with Gasteiger partial charge in [-0.3, -0.25) is 9.36 Å². The predicted molar refractivity (Wildman–Crippen MR) is 121 cm³/mol. The molecule has 0 bridgehead atoms. The fraction of sp³-hybridized carbons (Fsp3) is 0.125. The molecule has 0 aliphatic rings. The minimum absolute atomic E-state index is 0.0687. The number of nitrogens with one attached hydrogen (secondary N) is 1. The highest BCUT2D eigenvalue weighted by molar-refractivity contribution is 7.99. The zero-order valence-electron chi connectivity index (χ0n) is 16.7. The van der Waals surface area contributed by atoms with Gasteiger partial charge in [0.05, 0.1) is 5.75 Å². The van der Waals surface area contributed by atoms with Crippen LogP contribution in [-0.2, 0) is 11.2 Å². The Morgan fingerprint density at radius 1 is 0.900 bits per heavy atom. The van der Waals surface area contributed by atoms with Gasteiger partial charge in [-0.1, -0.05) is 78.5 Å². The summed E-state index contributed by atoms with van der Waals surface area (Å²) in [5.41, 5.74) is 4.12. The molecule has 5 nitrogen and oxygen atoms in total. The van der Waals surface area contributed by atoms with Crippen LogP contribution in [0.25, 0.3) is 5.69 Å². The molecular formula is C24H22N4OS. The van der Waals surface area contributed by atoms with Crippen LogP contribution in [0.4, 0.5) is 5.69 Å². The van der Waals surface area contributed by atoms with Crippen LogP contribution in [0.1, 0.15) is 17.0 Å². The lowest BCUT2D eigenvalue weighted by Crippen LogP contribution is -2.16. The average molecular weight is 415 g/mol. The highest BCUT2D eigenvalue weighted by atomic mass is 32.2. The number of aromatic nitrogens is 3. The molecule has 0 radical (unpaired) electrons. The molecule has 1 N–H and O–H groups in total. The van der Waals surface area contributed by atoms with E-state index in [9.17, 15) is 4.79 Å². The summed E-state index contributed by atoms with van der Waals surface area (Å²) in [5.74, 6) is 0.975. The average Bonchev–Trinajstić information content (AvgIpc) is 3.15. The highest BCUT2D eigenvalue weighted by Gasteiger charge is 2.14. The number of hydrogen-bond acceptors (Lipinski definition) is 4. The summed E-state index contributed by atoms with van der Waals surface area (Å²) in [7, 11) is 0. The molecule has 6 heteroatoms. The maximum atomic E-state index is 12.7. The Morgan fingerprint density at radius 3 is 2.33 bits per heavy atom. The largest absolute Gasteiger partial charge is 0.325 e. The van der Waals surface area contributed by atoms with Gasteiger partial charge in [0.25, 0.3) is 0 Å². The van der Waals surface area contributed by atoms with Crippen LogP contribution >= 0.6 is 11.8 Å². The zero-order chi connectivity index (χ0) is 20.8. The van der Waals surface area contributed by atoms with E-state index in [1.807, 2.05) is 84.3 Å². The number of anilines is 1. The first kappa shape index (κ1) is 19.9. The molecule has 4 rings (SSSR count). The lowest BCUT2D eigenvalue weighted by atomic mass is 10.0. The third kappa shape index (κ3) is 4.78. The van der Waals surface area contributed by atoms with Crippen LogP contribution in [0.5, 0.6) is 0 Å². The van der Waals surface area contributed by atoms with E-state index in [4.69, 9.17) is 0 Å². The van der Waals surface area contributed by atoms with Gasteiger partial charge in [-0.15, -0.1) is 10.2 Å². The van der Waals surface area contributed by atoms with Gasteiger partial charge in [-0.05, 0) is 42.7 Å². The second-order valence-electron chi connectivity index (χ2n) is 6.86. The first-order chi connectivity index (χ1) is 14.7. The second-order valence-corrected chi connectivity index (χ2v) is 7.80. The fourth-order valence-electron chi connectivity index (χ4n) is 3.24. The first-order valence-electron chi connectivity index (χ1n) is 9.72. The summed E-state index contributed by atoms with van der Waals surface area (Å²) < 4.78 is 1.96. The first-order valence-corrected chi connectivity index (χ1v) is 10.7. The third-order valence-electron chi connectivity index (χ3n) is 4.67. The quantitative estimate of drug-likeness (QED) is 0.437. The standard InChI is InChI=1S/C24H22N4OS/c1-18-26-27-24(28(18)21-13-6-3-7-14-21)30-17-23(29)25-22-15-9-8-12-20(22)16-19-10-4-2-5-11-19/h2-15H,16-17H2,1H3,(H,25,29). The Bertz CT molecular complexity index is 1130. The van der Waals surface area contributed by atoms with Gasteiger partial charge in [0.15, 0.2) is 5.16 Å². The van der Waals surface area contributed by atoms with Crippen LogP contribution in [0.2, 0.25) is 0 Å². The molecule has 0 spiro atoms. The number of carbonyl (C=O) groups is 1. The van der Waals surface area contributed by atoms with Crippen LogP contribution in [0.3, 0.4) is 0 Å². The van der Waals surface area contributed by atoms with Crippen LogP contribution in [-0.4, -0.2) is 26.4 Å². The van der Waals surface area contributed by atoms with Gasteiger partial charge in [0, 0.05) is 11.4 Å². The van der Waals surface area contributed by atoms with E-state index in [-0.39, 0.29) is 11.7 Å². The molecule has 1 heterocycles.